The van der Waals surface area contributed by atoms with Crippen LogP contribution in [0.3, 0.4) is 0 Å². The Hall–Kier alpha value is -0.780. The number of ether oxygens (including phenoxy) is 1. The fourth-order valence-corrected chi connectivity index (χ4v) is 4.22. The van der Waals surface area contributed by atoms with Crippen LogP contribution in [0, 0.1) is 0 Å². The highest BCUT2D eigenvalue weighted by Gasteiger charge is 2.29. The molecule has 20 heavy (non-hydrogen) atoms. The number of rotatable bonds is 8. The minimum absolute atomic E-state index is 0.0270. The van der Waals surface area contributed by atoms with Crippen LogP contribution < -0.4 is 4.74 Å². The Bertz CT molecular complexity index is 498. The van der Waals surface area contributed by atoms with Crippen molar-refractivity contribution in [3.05, 3.63) is 24.3 Å². The van der Waals surface area contributed by atoms with Gasteiger partial charge in [-0.2, -0.15) is 4.31 Å². The molecule has 0 bridgehead atoms. The maximum atomic E-state index is 12.7. The van der Waals surface area contributed by atoms with Gasteiger partial charge in [0.05, 0.1) is 12.0 Å². The quantitative estimate of drug-likeness (QED) is 0.692. The molecule has 0 aliphatic rings. The lowest BCUT2D eigenvalue weighted by atomic mass is 10.2. The molecule has 0 amide bonds. The molecule has 1 aromatic carbocycles. The van der Waals surface area contributed by atoms with Gasteiger partial charge in [0.25, 0.3) is 0 Å². The van der Waals surface area contributed by atoms with Crippen molar-refractivity contribution >= 4 is 21.6 Å². The van der Waals surface area contributed by atoms with Crippen molar-refractivity contribution in [2.75, 3.05) is 19.5 Å². The summed E-state index contributed by atoms with van der Waals surface area (Å²) in [5.74, 6) is 0.918. The number of hydrogen-bond acceptors (Lipinski definition) is 3. The molecule has 114 valence electrons. The SMILES string of the molecule is CCC(CC)N(CCCl)S(=O)(=O)c1ccc(OC)cc1. The van der Waals surface area contributed by atoms with Crippen LogP contribution in [-0.4, -0.2) is 38.3 Å². The molecule has 0 radical (unpaired) electrons. The second-order valence-electron chi connectivity index (χ2n) is 4.45. The summed E-state index contributed by atoms with van der Waals surface area (Å²) in [5, 5.41) is 0. The van der Waals surface area contributed by atoms with Crippen LogP contribution in [0.5, 0.6) is 5.75 Å². The highest BCUT2D eigenvalue weighted by molar-refractivity contribution is 7.89. The summed E-state index contributed by atoms with van der Waals surface area (Å²) >= 11 is 5.77. The molecular formula is C14H22ClNO3S. The molecule has 4 nitrogen and oxygen atoms in total. The highest BCUT2D eigenvalue weighted by Crippen LogP contribution is 2.23. The molecule has 0 aliphatic carbocycles. The Labute approximate surface area is 126 Å². The van der Waals surface area contributed by atoms with E-state index < -0.39 is 10.0 Å². The van der Waals surface area contributed by atoms with Gasteiger partial charge in [-0.1, -0.05) is 13.8 Å². The lowest BCUT2D eigenvalue weighted by Gasteiger charge is -2.29. The molecule has 0 heterocycles. The van der Waals surface area contributed by atoms with Crippen LogP contribution in [-0.2, 0) is 10.0 Å². The number of nitrogens with zero attached hydrogens (tertiary/aromatic N) is 1. The summed E-state index contributed by atoms with van der Waals surface area (Å²) in [5.41, 5.74) is 0. The molecule has 0 N–H and O–H groups in total. The van der Waals surface area contributed by atoms with Gasteiger partial charge in [0.15, 0.2) is 0 Å². The predicted octanol–water partition coefficient (Wildman–Crippen LogP) is 3.11. The van der Waals surface area contributed by atoms with Crippen LogP contribution in [0.1, 0.15) is 26.7 Å². The summed E-state index contributed by atoms with van der Waals surface area (Å²) in [4.78, 5) is 0.273. The molecule has 0 spiro atoms. The molecule has 0 fully saturated rings. The van der Waals surface area contributed by atoms with E-state index in [4.69, 9.17) is 16.3 Å². The predicted molar refractivity (Wildman–Crippen MR) is 82.0 cm³/mol. The van der Waals surface area contributed by atoms with Gasteiger partial charge < -0.3 is 4.74 Å². The van der Waals surface area contributed by atoms with Gasteiger partial charge in [-0.25, -0.2) is 8.42 Å². The molecule has 0 atom stereocenters. The van der Waals surface area contributed by atoms with Crippen LogP contribution in [0.4, 0.5) is 0 Å². The van der Waals surface area contributed by atoms with Crippen LogP contribution in [0.2, 0.25) is 0 Å². The first-order chi connectivity index (χ1) is 9.51. The number of hydrogen-bond donors (Lipinski definition) is 0. The number of alkyl halides is 1. The number of benzene rings is 1. The maximum Gasteiger partial charge on any atom is 0.243 e. The lowest BCUT2D eigenvalue weighted by molar-refractivity contribution is 0.316. The van der Waals surface area contributed by atoms with Gasteiger partial charge in [-0.3, -0.25) is 0 Å². The molecule has 0 unspecified atom stereocenters. The smallest absolute Gasteiger partial charge is 0.243 e. The lowest BCUT2D eigenvalue weighted by Crippen LogP contribution is -2.40. The molecule has 1 rings (SSSR count). The van der Waals surface area contributed by atoms with E-state index >= 15 is 0 Å². The minimum atomic E-state index is -3.52. The third-order valence-electron chi connectivity index (χ3n) is 3.32. The fraction of sp³-hybridized carbons (Fsp3) is 0.571. The van der Waals surface area contributed by atoms with E-state index in [-0.39, 0.29) is 16.8 Å². The summed E-state index contributed by atoms with van der Waals surface area (Å²) in [6, 6.07) is 6.41. The van der Waals surface area contributed by atoms with Gasteiger partial charge in [0, 0.05) is 18.5 Å². The molecule has 6 heteroatoms. The summed E-state index contributed by atoms with van der Waals surface area (Å²) in [6.07, 6.45) is 1.53. The van der Waals surface area contributed by atoms with E-state index in [1.54, 1.807) is 31.4 Å². The van der Waals surface area contributed by atoms with Gasteiger partial charge in [0.2, 0.25) is 10.0 Å². The van der Waals surface area contributed by atoms with Crippen molar-refractivity contribution in [3.63, 3.8) is 0 Å². The summed E-state index contributed by atoms with van der Waals surface area (Å²) < 4.78 is 32.0. The first-order valence-electron chi connectivity index (χ1n) is 6.73. The Balaban J connectivity index is 3.14. The van der Waals surface area contributed by atoms with Gasteiger partial charge in [0.1, 0.15) is 5.75 Å². The normalized spacial score (nSPS) is 12.1. The van der Waals surface area contributed by atoms with Crippen molar-refractivity contribution in [1.82, 2.24) is 4.31 Å². The van der Waals surface area contributed by atoms with Gasteiger partial charge >= 0.3 is 0 Å². The third kappa shape index (κ3) is 3.87. The molecule has 0 saturated carbocycles. The summed E-state index contributed by atoms with van der Waals surface area (Å²) in [7, 11) is -1.97. The van der Waals surface area contributed by atoms with E-state index in [1.165, 1.54) is 4.31 Å². The third-order valence-corrected chi connectivity index (χ3v) is 5.46. The van der Waals surface area contributed by atoms with E-state index in [2.05, 4.69) is 0 Å². The van der Waals surface area contributed by atoms with Gasteiger partial charge in [-0.15, -0.1) is 11.6 Å². The Kier molecular flexibility index (Phi) is 6.79. The van der Waals surface area contributed by atoms with Crippen molar-refractivity contribution in [2.45, 2.75) is 37.6 Å². The monoisotopic (exact) mass is 319 g/mol. The van der Waals surface area contributed by atoms with E-state index in [0.717, 1.165) is 12.8 Å². The second-order valence-corrected chi connectivity index (χ2v) is 6.72. The topological polar surface area (TPSA) is 46.6 Å². The number of sulfonamides is 1. The molecular weight excluding hydrogens is 298 g/mol. The zero-order valence-corrected chi connectivity index (χ0v) is 13.7. The average molecular weight is 320 g/mol. The molecule has 0 aromatic heterocycles. The average Bonchev–Trinajstić information content (AvgIpc) is 2.47. The first kappa shape index (κ1) is 17.3. The fourth-order valence-electron chi connectivity index (χ4n) is 2.16. The largest absolute Gasteiger partial charge is 0.497 e. The Morgan fingerprint density at radius 1 is 1.20 bits per heavy atom. The van der Waals surface area contributed by atoms with Crippen LogP contribution >= 0.6 is 11.6 Å². The second kappa shape index (κ2) is 7.86. The van der Waals surface area contributed by atoms with E-state index in [0.29, 0.717) is 12.3 Å². The van der Waals surface area contributed by atoms with E-state index in [9.17, 15) is 8.42 Å². The van der Waals surface area contributed by atoms with Crippen molar-refractivity contribution < 1.29 is 13.2 Å². The van der Waals surface area contributed by atoms with Crippen molar-refractivity contribution in [2.24, 2.45) is 0 Å². The van der Waals surface area contributed by atoms with Crippen LogP contribution in [0.25, 0.3) is 0 Å². The van der Waals surface area contributed by atoms with E-state index in [1.807, 2.05) is 13.8 Å². The van der Waals surface area contributed by atoms with Crippen molar-refractivity contribution in [3.8, 4) is 5.75 Å². The maximum absolute atomic E-state index is 12.7. The first-order valence-corrected chi connectivity index (χ1v) is 8.70. The molecule has 1 aromatic rings. The van der Waals surface area contributed by atoms with Crippen molar-refractivity contribution in [1.29, 1.82) is 0 Å². The standard InChI is InChI=1S/C14H22ClNO3S/c1-4-12(5-2)16(11-10-15)20(17,18)14-8-6-13(19-3)7-9-14/h6-9,12H,4-5,10-11H2,1-3H3. The number of methoxy groups -OCH3 is 1. The van der Waals surface area contributed by atoms with Gasteiger partial charge in [-0.05, 0) is 37.1 Å². The zero-order chi connectivity index (χ0) is 15.2. The zero-order valence-electron chi connectivity index (χ0n) is 12.2. The molecule has 0 aliphatic heterocycles. The summed E-state index contributed by atoms with van der Waals surface area (Å²) in [6.45, 7) is 4.29. The Morgan fingerprint density at radius 2 is 1.75 bits per heavy atom. The number of halogens is 1. The minimum Gasteiger partial charge on any atom is -0.497 e. The van der Waals surface area contributed by atoms with Crippen LogP contribution in [0.15, 0.2) is 29.2 Å². The molecule has 0 saturated heterocycles. The highest BCUT2D eigenvalue weighted by atomic mass is 35.5. The Morgan fingerprint density at radius 3 is 2.15 bits per heavy atom.